The maximum atomic E-state index is 13.0. The third-order valence-electron chi connectivity index (χ3n) is 6.47. The van der Waals surface area contributed by atoms with E-state index < -0.39 is 0 Å². The minimum absolute atomic E-state index is 0.228. The van der Waals surface area contributed by atoms with Crippen molar-refractivity contribution in [2.24, 2.45) is 0 Å². The Morgan fingerprint density at radius 2 is 1.67 bits per heavy atom. The van der Waals surface area contributed by atoms with Crippen LogP contribution in [0.25, 0.3) is 0 Å². The van der Waals surface area contributed by atoms with E-state index in [4.69, 9.17) is 4.42 Å². The van der Waals surface area contributed by atoms with Crippen LogP contribution in [0.1, 0.15) is 58.6 Å². The second-order valence-corrected chi connectivity index (χ2v) is 8.61. The number of rotatable bonds is 7. The van der Waals surface area contributed by atoms with Crippen LogP contribution in [0.4, 0.5) is 11.4 Å². The number of amides is 2. The molecule has 1 aliphatic rings. The van der Waals surface area contributed by atoms with Crippen molar-refractivity contribution in [2.45, 2.75) is 44.7 Å². The van der Waals surface area contributed by atoms with Gasteiger partial charge in [0.1, 0.15) is 0 Å². The number of hydrogen-bond acceptors (Lipinski definition) is 4. The molecular formula is C27H31N3O3. The van der Waals surface area contributed by atoms with Crippen molar-refractivity contribution >= 4 is 23.2 Å². The highest BCUT2D eigenvalue weighted by atomic mass is 16.3. The molecule has 0 bridgehead atoms. The van der Waals surface area contributed by atoms with Crippen LogP contribution in [0.2, 0.25) is 0 Å². The molecule has 0 spiro atoms. The minimum atomic E-state index is -0.307. The number of carbonyl (C=O) groups is 2. The maximum absolute atomic E-state index is 13.0. The molecule has 6 heteroatoms. The summed E-state index contributed by atoms with van der Waals surface area (Å²) >= 11 is 0. The van der Waals surface area contributed by atoms with E-state index in [1.54, 1.807) is 43.4 Å². The Labute approximate surface area is 195 Å². The quantitative estimate of drug-likeness (QED) is 0.539. The van der Waals surface area contributed by atoms with Gasteiger partial charge in [-0.1, -0.05) is 43.5 Å². The lowest BCUT2D eigenvalue weighted by molar-refractivity contribution is 0.0951. The molecule has 172 valence electrons. The second-order valence-electron chi connectivity index (χ2n) is 8.61. The van der Waals surface area contributed by atoms with Crippen molar-refractivity contribution in [1.29, 1.82) is 0 Å². The molecule has 1 aromatic heterocycles. The molecular weight excluding hydrogens is 414 g/mol. The molecule has 1 fully saturated rings. The lowest BCUT2D eigenvalue weighted by Gasteiger charge is -2.33. The zero-order valence-electron chi connectivity index (χ0n) is 19.3. The molecule has 1 heterocycles. The Bertz CT molecular complexity index is 1070. The Balaban J connectivity index is 1.39. The van der Waals surface area contributed by atoms with Gasteiger partial charge in [0.2, 0.25) is 0 Å². The zero-order valence-corrected chi connectivity index (χ0v) is 19.3. The van der Waals surface area contributed by atoms with Gasteiger partial charge in [-0.2, -0.15) is 0 Å². The van der Waals surface area contributed by atoms with Gasteiger partial charge in [0.05, 0.1) is 17.5 Å². The monoisotopic (exact) mass is 445 g/mol. The van der Waals surface area contributed by atoms with Crippen molar-refractivity contribution in [2.75, 3.05) is 23.9 Å². The number of hydrogen-bond donors (Lipinski definition) is 1. The topological polar surface area (TPSA) is 65.8 Å². The molecule has 33 heavy (non-hydrogen) atoms. The molecule has 0 radical (unpaired) electrons. The smallest absolute Gasteiger partial charge is 0.293 e. The van der Waals surface area contributed by atoms with Crippen molar-refractivity contribution in [1.82, 2.24) is 5.32 Å². The Morgan fingerprint density at radius 3 is 2.36 bits per heavy atom. The summed E-state index contributed by atoms with van der Waals surface area (Å²) in [6.07, 6.45) is 7.93. The molecule has 0 aliphatic heterocycles. The van der Waals surface area contributed by atoms with Crippen LogP contribution in [0.3, 0.4) is 0 Å². The van der Waals surface area contributed by atoms with Gasteiger partial charge in [0.25, 0.3) is 11.8 Å². The summed E-state index contributed by atoms with van der Waals surface area (Å²) in [5, 5.41) is 2.98. The van der Waals surface area contributed by atoms with Gasteiger partial charge in [-0.15, -0.1) is 0 Å². The van der Waals surface area contributed by atoms with Crippen molar-refractivity contribution < 1.29 is 14.0 Å². The first-order valence-corrected chi connectivity index (χ1v) is 11.5. The van der Waals surface area contributed by atoms with E-state index in [0.29, 0.717) is 23.8 Å². The number of nitrogens with one attached hydrogen (secondary N) is 1. The van der Waals surface area contributed by atoms with E-state index in [1.807, 2.05) is 0 Å². The molecule has 6 nitrogen and oxygen atoms in total. The molecule has 2 aromatic carbocycles. The fourth-order valence-corrected chi connectivity index (χ4v) is 4.44. The van der Waals surface area contributed by atoms with E-state index in [-0.39, 0.29) is 17.6 Å². The van der Waals surface area contributed by atoms with Crippen LogP contribution in [0.5, 0.6) is 0 Å². The zero-order chi connectivity index (χ0) is 23.2. The largest absolute Gasteiger partial charge is 0.459 e. The van der Waals surface area contributed by atoms with Crippen LogP contribution in [0, 0.1) is 0 Å². The molecule has 0 unspecified atom stereocenters. The van der Waals surface area contributed by atoms with E-state index in [9.17, 15) is 9.59 Å². The Hall–Kier alpha value is -3.54. The van der Waals surface area contributed by atoms with Crippen LogP contribution in [-0.2, 0) is 6.54 Å². The van der Waals surface area contributed by atoms with Crippen molar-refractivity contribution in [3.8, 4) is 0 Å². The molecule has 3 aromatic rings. The summed E-state index contributed by atoms with van der Waals surface area (Å²) in [5.74, 6) is -0.308. The fraction of sp³-hybridized carbons (Fsp3) is 0.333. The third-order valence-corrected chi connectivity index (χ3v) is 6.47. The van der Waals surface area contributed by atoms with Crippen LogP contribution >= 0.6 is 0 Å². The first-order valence-electron chi connectivity index (χ1n) is 11.5. The standard InChI is InChI=1S/C27H31N3O3/c1-29(21-9-4-3-5-10-21)22-16-14-20(15-17-22)19-28-26(31)23-11-6-7-12-24(23)30(2)27(32)25-13-8-18-33-25/h6-8,11-18,21H,3-5,9-10,19H2,1-2H3,(H,28,31). The molecule has 1 aliphatic carbocycles. The SMILES string of the molecule is CN(C(=O)c1ccco1)c1ccccc1C(=O)NCc1ccc(N(C)C2CCCCC2)cc1. The van der Waals surface area contributed by atoms with E-state index in [2.05, 4.69) is 41.5 Å². The third kappa shape index (κ3) is 5.28. The molecule has 4 rings (SSSR count). The van der Waals surface area contributed by atoms with Gasteiger partial charge in [-0.05, 0) is 54.8 Å². The Morgan fingerprint density at radius 1 is 0.939 bits per heavy atom. The maximum Gasteiger partial charge on any atom is 0.293 e. The molecule has 1 saturated carbocycles. The first kappa shape index (κ1) is 22.6. The predicted molar refractivity (Wildman–Crippen MR) is 131 cm³/mol. The number of carbonyl (C=O) groups excluding carboxylic acids is 2. The number of furan rings is 1. The van der Waals surface area contributed by atoms with Gasteiger partial charge in [-0.3, -0.25) is 9.59 Å². The van der Waals surface area contributed by atoms with Crippen LogP contribution in [0.15, 0.2) is 71.3 Å². The van der Waals surface area contributed by atoms with E-state index in [0.717, 1.165) is 5.56 Å². The number of anilines is 2. The van der Waals surface area contributed by atoms with Crippen molar-refractivity contribution in [3.63, 3.8) is 0 Å². The van der Waals surface area contributed by atoms with Crippen LogP contribution in [-0.4, -0.2) is 32.0 Å². The summed E-state index contributed by atoms with van der Waals surface area (Å²) in [6, 6.07) is 19.3. The lowest BCUT2D eigenvalue weighted by Crippen LogP contribution is -2.33. The average Bonchev–Trinajstić information content (AvgIpc) is 3.42. The molecule has 0 saturated heterocycles. The first-order chi connectivity index (χ1) is 16.0. The van der Waals surface area contributed by atoms with Gasteiger partial charge in [0.15, 0.2) is 5.76 Å². The number of para-hydroxylation sites is 1. The highest BCUT2D eigenvalue weighted by Gasteiger charge is 2.21. The molecule has 1 N–H and O–H groups in total. The second kappa shape index (κ2) is 10.4. The minimum Gasteiger partial charge on any atom is -0.459 e. The highest BCUT2D eigenvalue weighted by Crippen LogP contribution is 2.26. The van der Waals surface area contributed by atoms with E-state index in [1.165, 1.54) is 49.0 Å². The van der Waals surface area contributed by atoms with Gasteiger partial charge in [-0.25, -0.2) is 0 Å². The van der Waals surface area contributed by atoms with Gasteiger partial charge >= 0.3 is 0 Å². The fourth-order valence-electron chi connectivity index (χ4n) is 4.44. The molecule has 2 amide bonds. The van der Waals surface area contributed by atoms with Gasteiger partial charge < -0.3 is 19.5 Å². The highest BCUT2D eigenvalue weighted by molar-refractivity contribution is 6.09. The summed E-state index contributed by atoms with van der Waals surface area (Å²) in [4.78, 5) is 29.4. The van der Waals surface area contributed by atoms with Gasteiger partial charge in [0, 0.05) is 32.4 Å². The number of benzene rings is 2. The Kier molecular flexibility index (Phi) is 7.13. The summed E-state index contributed by atoms with van der Waals surface area (Å²) in [7, 11) is 3.81. The van der Waals surface area contributed by atoms with Crippen molar-refractivity contribution in [3.05, 3.63) is 83.8 Å². The predicted octanol–water partition coefficient (Wildman–Crippen LogP) is 5.26. The summed E-state index contributed by atoms with van der Waals surface area (Å²) in [5.41, 5.74) is 3.21. The normalized spacial score (nSPS) is 14.0. The van der Waals surface area contributed by atoms with Crippen LogP contribution < -0.4 is 15.1 Å². The average molecular weight is 446 g/mol. The summed E-state index contributed by atoms with van der Waals surface area (Å²) in [6.45, 7) is 0.413. The summed E-state index contributed by atoms with van der Waals surface area (Å²) < 4.78 is 5.21. The molecule has 0 atom stereocenters. The number of nitrogens with zero attached hydrogens (tertiary/aromatic N) is 2. The van der Waals surface area contributed by atoms with E-state index >= 15 is 0 Å². The lowest BCUT2D eigenvalue weighted by atomic mass is 9.94.